The zero-order chi connectivity index (χ0) is 20.5. The fraction of sp³-hybridized carbons (Fsp3) is 0.455. The first-order chi connectivity index (χ1) is 12.6. The van der Waals surface area contributed by atoms with Gasteiger partial charge < -0.3 is 5.73 Å². The number of hydrogen-bond donors (Lipinski definition) is 3. The maximum absolute atomic E-state index is 5.89. The van der Waals surface area contributed by atoms with Crippen LogP contribution in [-0.4, -0.2) is 0 Å². The van der Waals surface area contributed by atoms with Crippen LogP contribution in [0.5, 0.6) is 0 Å². The van der Waals surface area contributed by atoms with Gasteiger partial charge >= 0.3 is 0 Å². The third kappa shape index (κ3) is 9.94. The third-order valence-corrected chi connectivity index (χ3v) is 3.35. The number of allylic oxidation sites excluding steroid dienone is 5. The molecule has 1 aliphatic rings. The molecule has 4 heteroatoms. The van der Waals surface area contributed by atoms with Crippen molar-refractivity contribution in [1.29, 1.82) is 0 Å². The molecule has 0 aliphatic heterocycles. The number of nitrogens with one attached hydrogen (secondary N) is 2. The maximum atomic E-state index is 5.89. The summed E-state index contributed by atoms with van der Waals surface area (Å²) in [5, 5.41) is 0. The molecule has 1 unspecified atom stereocenters. The van der Waals surface area contributed by atoms with Crippen LogP contribution in [0.4, 0.5) is 11.4 Å². The smallest absolute Gasteiger partial charge is 0.0858 e. The summed E-state index contributed by atoms with van der Waals surface area (Å²) in [6.07, 6.45) is 8.19. The van der Waals surface area contributed by atoms with Crippen LogP contribution in [-0.2, 0) is 4.94 Å². The van der Waals surface area contributed by atoms with Crippen molar-refractivity contribution in [3.63, 3.8) is 0 Å². The van der Waals surface area contributed by atoms with E-state index in [2.05, 4.69) is 37.0 Å². The van der Waals surface area contributed by atoms with Crippen LogP contribution in [0, 0.1) is 12.8 Å². The molecule has 1 aromatic rings. The highest BCUT2D eigenvalue weighted by Gasteiger charge is 2.04. The summed E-state index contributed by atoms with van der Waals surface area (Å²) >= 11 is 0. The number of hydroxylamine groups is 1. The number of anilines is 2. The highest BCUT2D eigenvalue weighted by atomic mass is 16.8. The minimum atomic E-state index is 0.436. The van der Waals surface area contributed by atoms with Gasteiger partial charge in [-0.25, -0.2) is 11.0 Å². The predicted molar refractivity (Wildman–Crippen MR) is 118 cm³/mol. The minimum absolute atomic E-state index is 0.436. The Morgan fingerprint density at radius 3 is 2.12 bits per heavy atom. The van der Waals surface area contributed by atoms with Gasteiger partial charge in [-0.2, -0.15) is 4.94 Å². The number of nitrogens with two attached hydrogens (primary N) is 1. The van der Waals surface area contributed by atoms with Crippen molar-refractivity contribution in [1.82, 2.24) is 5.48 Å². The highest BCUT2D eigenvalue weighted by Crippen LogP contribution is 2.19. The number of rotatable bonds is 4. The van der Waals surface area contributed by atoms with Crippen molar-refractivity contribution in [2.45, 2.75) is 62.3 Å². The van der Waals surface area contributed by atoms with Gasteiger partial charge in [-0.15, -0.1) is 0 Å². The summed E-state index contributed by atoms with van der Waals surface area (Å²) < 4.78 is 0. The van der Waals surface area contributed by atoms with E-state index in [0.717, 1.165) is 16.9 Å². The lowest BCUT2D eigenvalue weighted by Crippen LogP contribution is -2.17. The summed E-state index contributed by atoms with van der Waals surface area (Å²) in [7, 11) is 0. The van der Waals surface area contributed by atoms with E-state index < -0.39 is 0 Å². The molecule has 0 spiro atoms. The Kier molecular flexibility index (Phi) is 16.3. The molecule has 2 rings (SSSR count). The van der Waals surface area contributed by atoms with E-state index in [4.69, 9.17) is 10.7 Å². The van der Waals surface area contributed by atoms with Crippen LogP contribution in [0.1, 0.15) is 61.0 Å². The van der Waals surface area contributed by atoms with Gasteiger partial charge in [0, 0.05) is 0 Å². The van der Waals surface area contributed by atoms with Crippen molar-refractivity contribution in [2.75, 3.05) is 11.2 Å². The Labute approximate surface area is 161 Å². The first-order valence-corrected chi connectivity index (χ1v) is 9.67. The molecule has 1 aromatic carbocycles. The van der Waals surface area contributed by atoms with E-state index in [-0.39, 0.29) is 0 Å². The SMILES string of the molecule is CC.CC.CC.CC1=CC=C(NONc2ccc(C)cc2N)C=CC1C. The third-order valence-electron chi connectivity index (χ3n) is 3.35. The Bertz CT molecular complexity index is 575. The molecule has 0 heterocycles. The van der Waals surface area contributed by atoms with E-state index >= 15 is 0 Å². The monoisotopic (exact) mass is 361 g/mol. The van der Waals surface area contributed by atoms with Gasteiger partial charge in [0.15, 0.2) is 0 Å². The fourth-order valence-corrected chi connectivity index (χ4v) is 1.81. The largest absolute Gasteiger partial charge is 0.397 e. The van der Waals surface area contributed by atoms with Crippen molar-refractivity contribution < 1.29 is 4.94 Å². The second-order valence-corrected chi connectivity index (χ2v) is 5.08. The first-order valence-electron chi connectivity index (χ1n) is 9.67. The van der Waals surface area contributed by atoms with Crippen LogP contribution in [0.25, 0.3) is 0 Å². The summed E-state index contributed by atoms with van der Waals surface area (Å²) in [6, 6.07) is 5.75. The zero-order valence-electron chi connectivity index (χ0n) is 18.1. The molecule has 0 radical (unpaired) electrons. The molecule has 0 fully saturated rings. The summed E-state index contributed by atoms with van der Waals surface area (Å²) in [5.74, 6) is 0.436. The predicted octanol–water partition coefficient (Wildman–Crippen LogP) is 6.54. The van der Waals surface area contributed by atoms with Gasteiger partial charge in [-0.3, -0.25) is 0 Å². The molecular formula is C22H39N3O. The lowest BCUT2D eigenvalue weighted by molar-refractivity contribution is 0.117. The van der Waals surface area contributed by atoms with Crippen LogP contribution in [0.15, 0.2) is 53.8 Å². The normalized spacial score (nSPS) is 14.6. The molecular weight excluding hydrogens is 322 g/mol. The molecule has 0 saturated carbocycles. The van der Waals surface area contributed by atoms with E-state index in [1.54, 1.807) is 0 Å². The highest BCUT2D eigenvalue weighted by molar-refractivity contribution is 5.65. The van der Waals surface area contributed by atoms with Crippen molar-refractivity contribution in [3.8, 4) is 0 Å². The molecule has 4 N–H and O–H groups in total. The Hall–Kier alpha value is -2.20. The second-order valence-electron chi connectivity index (χ2n) is 5.08. The molecule has 0 amide bonds. The first kappa shape index (κ1) is 26.0. The molecule has 0 saturated heterocycles. The molecule has 4 nitrogen and oxygen atoms in total. The summed E-state index contributed by atoms with van der Waals surface area (Å²) in [6.45, 7) is 18.3. The molecule has 26 heavy (non-hydrogen) atoms. The average molecular weight is 362 g/mol. The van der Waals surface area contributed by atoms with Gasteiger partial charge in [0.1, 0.15) is 0 Å². The van der Waals surface area contributed by atoms with Gasteiger partial charge in [0.05, 0.1) is 17.1 Å². The number of benzene rings is 1. The summed E-state index contributed by atoms with van der Waals surface area (Å²) in [4.78, 5) is 5.28. The number of aryl methyl sites for hydroxylation is 1. The lowest BCUT2D eigenvalue weighted by Gasteiger charge is -2.11. The van der Waals surface area contributed by atoms with Gasteiger partial charge in [0.2, 0.25) is 0 Å². The van der Waals surface area contributed by atoms with Crippen molar-refractivity contribution >= 4 is 11.4 Å². The molecule has 1 aliphatic carbocycles. The second kappa shape index (κ2) is 16.3. The van der Waals surface area contributed by atoms with E-state index in [0.29, 0.717) is 11.6 Å². The van der Waals surface area contributed by atoms with Crippen LogP contribution in [0.2, 0.25) is 0 Å². The van der Waals surface area contributed by atoms with Gasteiger partial charge in [-0.05, 0) is 49.6 Å². The average Bonchev–Trinajstić information content (AvgIpc) is 2.84. The topological polar surface area (TPSA) is 59.3 Å². The summed E-state index contributed by atoms with van der Waals surface area (Å²) in [5.41, 5.74) is 16.3. The zero-order valence-corrected chi connectivity index (χ0v) is 18.1. The molecule has 148 valence electrons. The fourth-order valence-electron chi connectivity index (χ4n) is 1.81. The standard InChI is InChI=1S/C16H21N3O.3C2H6/c1-11-4-9-16(15(17)10-11)19-20-18-14-7-5-12(2)13(3)6-8-14;3*1-2/h4-10,12,18-19H,17H2,1-3H3;3*1-2H3. The van der Waals surface area contributed by atoms with Crippen LogP contribution < -0.4 is 16.7 Å². The lowest BCUT2D eigenvalue weighted by atomic mass is 10.0. The number of nitrogen functional groups attached to an aromatic ring is 1. The van der Waals surface area contributed by atoms with Gasteiger partial charge in [-0.1, -0.05) is 72.3 Å². The minimum Gasteiger partial charge on any atom is -0.397 e. The van der Waals surface area contributed by atoms with Crippen LogP contribution in [0.3, 0.4) is 0 Å². The number of hydrogen-bond acceptors (Lipinski definition) is 4. The molecule has 0 bridgehead atoms. The van der Waals surface area contributed by atoms with Crippen LogP contribution >= 0.6 is 0 Å². The Morgan fingerprint density at radius 2 is 1.54 bits per heavy atom. The van der Waals surface area contributed by atoms with Gasteiger partial charge in [0.25, 0.3) is 0 Å². The molecule has 1 atom stereocenters. The quantitative estimate of drug-likeness (QED) is 0.421. The van der Waals surface area contributed by atoms with Crippen molar-refractivity contribution in [2.24, 2.45) is 5.92 Å². The van der Waals surface area contributed by atoms with E-state index in [1.165, 1.54) is 5.57 Å². The van der Waals surface area contributed by atoms with E-state index in [9.17, 15) is 0 Å². The Balaban J connectivity index is 0. The van der Waals surface area contributed by atoms with Crippen molar-refractivity contribution in [3.05, 3.63) is 59.3 Å². The maximum Gasteiger partial charge on any atom is 0.0858 e. The van der Waals surface area contributed by atoms with E-state index in [1.807, 2.05) is 78.8 Å². The Morgan fingerprint density at radius 1 is 0.923 bits per heavy atom. The molecule has 0 aromatic heterocycles.